The molecule has 0 atom stereocenters. The van der Waals surface area contributed by atoms with Crippen LogP contribution in [-0.4, -0.2) is 64.1 Å². The van der Waals surface area contributed by atoms with Crippen molar-refractivity contribution >= 4 is 11.8 Å². The molecule has 2 aliphatic heterocycles. The predicted molar refractivity (Wildman–Crippen MR) is 103 cm³/mol. The monoisotopic (exact) mass is 376 g/mol. The Hall–Kier alpha value is -1.93. The minimum atomic E-state index is -0.311. The van der Waals surface area contributed by atoms with Crippen LogP contribution in [0.1, 0.15) is 38.1 Å². The third kappa shape index (κ3) is 5.52. The summed E-state index contributed by atoms with van der Waals surface area (Å²) < 4.78 is 2.07. The Morgan fingerprint density at radius 3 is 2.63 bits per heavy atom. The van der Waals surface area contributed by atoms with Gasteiger partial charge in [-0.3, -0.25) is 24.1 Å². The summed E-state index contributed by atoms with van der Waals surface area (Å²) in [6, 6.07) is 2.11. The van der Waals surface area contributed by atoms with Crippen LogP contribution >= 0.6 is 0 Å². The molecule has 3 heterocycles. The van der Waals surface area contributed by atoms with Crippen molar-refractivity contribution in [1.82, 2.24) is 24.9 Å². The number of nitrogens with two attached hydrogens (primary N) is 1. The molecule has 150 valence electrons. The van der Waals surface area contributed by atoms with Gasteiger partial charge in [0.25, 0.3) is 0 Å². The summed E-state index contributed by atoms with van der Waals surface area (Å²) in [6.45, 7) is 10.7. The number of fused-ring (bicyclic) bond motifs is 1. The smallest absolute Gasteiger partial charge is 0.231 e. The van der Waals surface area contributed by atoms with Gasteiger partial charge in [-0.1, -0.05) is 13.8 Å². The Morgan fingerprint density at radius 1 is 1.22 bits per heavy atom. The van der Waals surface area contributed by atoms with Crippen LogP contribution in [0.15, 0.2) is 6.07 Å². The molecule has 3 rings (SSSR count). The number of rotatable bonds is 7. The molecule has 0 aliphatic carbocycles. The highest BCUT2D eigenvalue weighted by Gasteiger charge is 2.26. The number of nitrogens with zero attached hydrogens (tertiary/aromatic N) is 4. The predicted octanol–water partition coefficient (Wildman–Crippen LogP) is 0.168. The van der Waals surface area contributed by atoms with E-state index in [1.165, 1.54) is 5.69 Å². The van der Waals surface area contributed by atoms with Crippen molar-refractivity contribution in [3.63, 3.8) is 0 Å². The van der Waals surface area contributed by atoms with E-state index in [4.69, 9.17) is 5.73 Å². The summed E-state index contributed by atoms with van der Waals surface area (Å²) in [5.41, 5.74) is 7.39. The maximum atomic E-state index is 12.5. The van der Waals surface area contributed by atoms with Crippen LogP contribution < -0.4 is 11.1 Å². The fourth-order valence-corrected chi connectivity index (χ4v) is 4.03. The topological polar surface area (TPSA) is 96.5 Å². The second kappa shape index (κ2) is 8.84. The molecule has 1 aromatic heterocycles. The van der Waals surface area contributed by atoms with Gasteiger partial charge in [0, 0.05) is 25.6 Å². The van der Waals surface area contributed by atoms with Crippen LogP contribution in [0.3, 0.4) is 0 Å². The molecule has 0 unspecified atom stereocenters. The number of hydrogen-bond acceptors (Lipinski definition) is 5. The van der Waals surface area contributed by atoms with Crippen LogP contribution in [0.5, 0.6) is 0 Å². The number of nitrogens with one attached hydrogen (secondary N) is 1. The van der Waals surface area contributed by atoms with E-state index in [1.54, 1.807) is 0 Å². The van der Waals surface area contributed by atoms with Gasteiger partial charge in [-0.25, -0.2) is 0 Å². The first-order valence-corrected chi connectivity index (χ1v) is 9.97. The highest BCUT2D eigenvalue weighted by atomic mass is 16.2. The van der Waals surface area contributed by atoms with E-state index in [0.29, 0.717) is 12.5 Å². The standard InChI is InChI=1S/C19H32N6O2/c1-14(2)11-24-7-8-25-17(12-24)9-16(22-25)10-21-19(27)15-3-5-23(6-4-15)13-18(20)26/h9,14-15H,3-8,10-13H2,1-2H3,(H2,20,26)(H,21,27). The Labute approximate surface area is 161 Å². The largest absolute Gasteiger partial charge is 0.369 e. The summed E-state index contributed by atoms with van der Waals surface area (Å²) in [4.78, 5) is 27.9. The average molecular weight is 377 g/mol. The van der Waals surface area contributed by atoms with Crippen molar-refractivity contribution in [2.75, 3.05) is 32.7 Å². The molecule has 1 aromatic rings. The first kappa shape index (κ1) is 19.8. The average Bonchev–Trinajstić information content (AvgIpc) is 3.01. The Kier molecular flexibility index (Phi) is 6.49. The molecule has 0 bridgehead atoms. The van der Waals surface area contributed by atoms with E-state index in [9.17, 15) is 9.59 Å². The summed E-state index contributed by atoms with van der Waals surface area (Å²) >= 11 is 0. The molecule has 8 heteroatoms. The highest BCUT2D eigenvalue weighted by Crippen LogP contribution is 2.18. The van der Waals surface area contributed by atoms with E-state index in [0.717, 1.165) is 57.8 Å². The number of aromatic nitrogens is 2. The van der Waals surface area contributed by atoms with Gasteiger partial charge in [-0.05, 0) is 37.9 Å². The van der Waals surface area contributed by atoms with Gasteiger partial charge in [-0.15, -0.1) is 0 Å². The molecule has 0 spiro atoms. The lowest BCUT2D eigenvalue weighted by Crippen LogP contribution is -2.43. The van der Waals surface area contributed by atoms with Crippen molar-refractivity contribution < 1.29 is 9.59 Å². The fraction of sp³-hybridized carbons (Fsp3) is 0.737. The van der Waals surface area contributed by atoms with Gasteiger partial charge in [0.05, 0.1) is 31.0 Å². The first-order chi connectivity index (χ1) is 12.9. The van der Waals surface area contributed by atoms with Crippen molar-refractivity contribution in [3.8, 4) is 0 Å². The fourth-order valence-electron chi connectivity index (χ4n) is 4.03. The van der Waals surface area contributed by atoms with Crippen LogP contribution in [0.25, 0.3) is 0 Å². The molecule has 27 heavy (non-hydrogen) atoms. The Balaban J connectivity index is 1.45. The van der Waals surface area contributed by atoms with Crippen LogP contribution in [0.4, 0.5) is 0 Å². The number of piperidine rings is 1. The van der Waals surface area contributed by atoms with E-state index < -0.39 is 0 Å². The van der Waals surface area contributed by atoms with Gasteiger partial charge in [0.1, 0.15) is 0 Å². The molecule has 8 nitrogen and oxygen atoms in total. The van der Waals surface area contributed by atoms with Gasteiger partial charge < -0.3 is 11.1 Å². The van der Waals surface area contributed by atoms with Gasteiger partial charge in [0.15, 0.2) is 0 Å². The summed E-state index contributed by atoms with van der Waals surface area (Å²) in [5, 5.41) is 7.68. The molecule has 3 N–H and O–H groups in total. The zero-order valence-corrected chi connectivity index (χ0v) is 16.5. The van der Waals surface area contributed by atoms with Gasteiger partial charge in [0.2, 0.25) is 11.8 Å². The Bertz CT molecular complexity index is 663. The molecule has 0 aromatic carbocycles. The maximum Gasteiger partial charge on any atom is 0.231 e. The SMILES string of the molecule is CC(C)CN1CCn2nc(CNC(=O)C3CCN(CC(N)=O)CC3)cc2C1. The summed E-state index contributed by atoms with van der Waals surface area (Å²) in [6.07, 6.45) is 1.53. The zero-order chi connectivity index (χ0) is 19.4. The summed E-state index contributed by atoms with van der Waals surface area (Å²) in [5.74, 6) is 0.440. The summed E-state index contributed by atoms with van der Waals surface area (Å²) in [7, 11) is 0. The number of carbonyl (C=O) groups excluding carboxylic acids is 2. The highest BCUT2D eigenvalue weighted by molar-refractivity contribution is 5.79. The molecule has 0 saturated carbocycles. The third-order valence-electron chi connectivity index (χ3n) is 5.33. The minimum Gasteiger partial charge on any atom is -0.369 e. The number of likely N-dealkylation sites (tertiary alicyclic amines) is 1. The number of hydrogen-bond donors (Lipinski definition) is 2. The molecular formula is C19H32N6O2. The quantitative estimate of drug-likeness (QED) is 0.707. The van der Waals surface area contributed by atoms with Gasteiger partial charge in [-0.2, -0.15) is 5.10 Å². The van der Waals surface area contributed by atoms with Crippen LogP contribution in [-0.2, 0) is 29.2 Å². The van der Waals surface area contributed by atoms with Crippen LogP contribution in [0.2, 0.25) is 0 Å². The van der Waals surface area contributed by atoms with E-state index in [-0.39, 0.29) is 24.3 Å². The molecular weight excluding hydrogens is 344 g/mol. The zero-order valence-electron chi connectivity index (χ0n) is 16.5. The van der Waals surface area contributed by atoms with E-state index in [2.05, 4.69) is 39.9 Å². The minimum absolute atomic E-state index is 0.00731. The lowest BCUT2D eigenvalue weighted by atomic mass is 9.96. The Morgan fingerprint density at radius 2 is 1.96 bits per heavy atom. The number of primary amides is 1. The molecule has 1 saturated heterocycles. The lowest BCUT2D eigenvalue weighted by molar-refractivity contribution is -0.126. The number of amides is 2. The molecule has 1 fully saturated rings. The second-order valence-electron chi connectivity index (χ2n) is 8.21. The van der Waals surface area contributed by atoms with Crippen molar-refractivity contribution in [2.24, 2.45) is 17.6 Å². The second-order valence-corrected chi connectivity index (χ2v) is 8.21. The maximum absolute atomic E-state index is 12.5. The van der Waals surface area contributed by atoms with E-state index in [1.807, 2.05) is 4.90 Å². The van der Waals surface area contributed by atoms with Crippen molar-refractivity contribution in [2.45, 2.75) is 46.3 Å². The molecule has 0 radical (unpaired) electrons. The normalized spacial score (nSPS) is 19.2. The molecule has 2 amide bonds. The van der Waals surface area contributed by atoms with Gasteiger partial charge >= 0.3 is 0 Å². The van der Waals surface area contributed by atoms with E-state index >= 15 is 0 Å². The van der Waals surface area contributed by atoms with Crippen LogP contribution in [0, 0.1) is 11.8 Å². The number of carbonyl (C=O) groups is 2. The van der Waals surface area contributed by atoms with Crippen molar-refractivity contribution in [3.05, 3.63) is 17.5 Å². The first-order valence-electron chi connectivity index (χ1n) is 9.97. The molecule has 2 aliphatic rings. The third-order valence-corrected chi connectivity index (χ3v) is 5.33. The van der Waals surface area contributed by atoms with Crippen molar-refractivity contribution in [1.29, 1.82) is 0 Å². The lowest BCUT2D eigenvalue weighted by Gasteiger charge is -2.30.